The van der Waals surface area contributed by atoms with E-state index >= 15 is 0 Å². The van der Waals surface area contributed by atoms with Crippen LogP contribution in [0.1, 0.15) is 45.2 Å². The highest BCUT2D eigenvalue weighted by Crippen LogP contribution is 2.40. The van der Waals surface area contributed by atoms with E-state index in [0.717, 1.165) is 25.0 Å². The van der Waals surface area contributed by atoms with Gasteiger partial charge in [0.25, 0.3) is 0 Å². The second-order valence-electron chi connectivity index (χ2n) is 6.02. The second-order valence-corrected chi connectivity index (χ2v) is 6.02. The van der Waals surface area contributed by atoms with Crippen LogP contribution in [0.5, 0.6) is 0 Å². The molecule has 2 nitrogen and oxygen atoms in total. The van der Waals surface area contributed by atoms with Crippen molar-refractivity contribution in [3.05, 3.63) is 30.1 Å². The summed E-state index contributed by atoms with van der Waals surface area (Å²) >= 11 is 0. The van der Waals surface area contributed by atoms with Crippen LogP contribution in [0.15, 0.2) is 24.4 Å². The molecule has 88 valence electrons. The Morgan fingerprint density at radius 2 is 1.88 bits per heavy atom. The average molecular weight is 218 g/mol. The van der Waals surface area contributed by atoms with E-state index in [1.165, 1.54) is 12.8 Å². The molecule has 1 heterocycles. The van der Waals surface area contributed by atoms with Gasteiger partial charge in [0.2, 0.25) is 0 Å². The lowest BCUT2D eigenvalue weighted by atomic mass is 9.68. The minimum Gasteiger partial charge on any atom is -0.325 e. The lowest BCUT2D eigenvalue weighted by molar-refractivity contribution is 0.164. The molecule has 1 aliphatic rings. The van der Waals surface area contributed by atoms with E-state index in [1.807, 2.05) is 18.3 Å². The highest BCUT2D eigenvalue weighted by atomic mass is 14.8. The van der Waals surface area contributed by atoms with Crippen molar-refractivity contribution in [2.45, 2.75) is 51.5 Å². The van der Waals surface area contributed by atoms with Gasteiger partial charge in [0.15, 0.2) is 0 Å². The predicted octanol–water partition coefficient (Wildman–Crippen LogP) is 2.92. The largest absolute Gasteiger partial charge is 0.325 e. The molecule has 1 saturated carbocycles. The highest BCUT2D eigenvalue weighted by molar-refractivity contribution is 5.09. The monoisotopic (exact) mass is 218 g/mol. The van der Waals surface area contributed by atoms with E-state index in [2.05, 4.69) is 24.9 Å². The van der Waals surface area contributed by atoms with E-state index < -0.39 is 0 Å². The first-order chi connectivity index (χ1) is 7.49. The molecule has 0 amide bonds. The number of hydrogen-bond donors (Lipinski definition) is 1. The summed E-state index contributed by atoms with van der Waals surface area (Å²) in [5, 5.41) is 0. The zero-order chi connectivity index (χ0) is 11.6. The Balaban J connectivity index is 2.00. The summed E-state index contributed by atoms with van der Waals surface area (Å²) in [5.74, 6) is 0. The van der Waals surface area contributed by atoms with Crippen LogP contribution in [0.2, 0.25) is 0 Å². The van der Waals surface area contributed by atoms with Crippen LogP contribution in [-0.2, 0) is 6.42 Å². The molecule has 0 radical (unpaired) electrons. The lowest BCUT2D eigenvalue weighted by Crippen LogP contribution is -2.47. The maximum Gasteiger partial charge on any atom is 0.0421 e. The first-order valence-corrected chi connectivity index (χ1v) is 6.18. The number of pyridine rings is 1. The maximum absolute atomic E-state index is 6.47. The second kappa shape index (κ2) is 4.17. The number of rotatable bonds is 2. The third-order valence-corrected chi connectivity index (χ3v) is 3.86. The first-order valence-electron chi connectivity index (χ1n) is 6.18. The van der Waals surface area contributed by atoms with Crippen LogP contribution in [0.25, 0.3) is 0 Å². The fourth-order valence-corrected chi connectivity index (χ4v) is 2.46. The molecule has 2 N–H and O–H groups in total. The third kappa shape index (κ3) is 2.82. The molecule has 1 aromatic rings. The molecule has 0 saturated heterocycles. The zero-order valence-corrected chi connectivity index (χ0v) is 10.4. The van der Waals surface area contributed by atoms with Crippen molar-refractivity contribution >= 4 is 0 Å². The summed E-state index contributed by atoms with van der Waals surface area (Å²) in [6.45, 7) is 4.68. The molecule has 2 rings (SSSR count). The van der Waals surface area contributed by atoms with Crippen LogP contribution in [0.4, 0.5) is 0 Å². The van der Waals surface area contributed by atoms with Gasteiger partial charge in [0, 0.05) is 23.9 Å². The summed E-state index contributed by atoms with van der Waals surface area (Å²) in [5.41, 5.74) is 8.06. The van der Waals surface area contributed by atoms with Crippen molar-refractivity contribution in [1.82, 2.24) is 4.98 Å². The lowest BCUT2D eigenvalue weighted by Gasteiger charge is -2.41. The quantitative estimate of drug-likeness (QED) is 0.829. The normalized spacial score (nSPS) is 22.9. The van der Waals surface area contributed by atoms with Gasteiger partial charge in [-0.05, 0) is 43.2 Å². The van der Waals surface area contributed by atoms with E-state index in [9.17, 15) is 0 Å². The predicted molar refractivity (Wildman–Crippen MR) is 67.1 cm³/mol. The van der Waals surface area contributed by atoms with Gasteiger partial charge in [0.05, 0.1) is 0 Å². The third-order valence-electron chi connectivity index (χ3n) is 3.86. The van der Waals surface area contributed by atoms with Crippen molar-refractivity contribution in [3.8, 4) is 0 Å². The summed E-state index contributed by atoms with van der Waals surface area (Å²) < 4.78 is 0. The van der Waals surface area contributed by atoms with Crippen LogP contribution in [-0.4, -0.2) is 10.5 Å². The molecule has 2 heteroatoms. The SMILES string of the molecule is CC1(C)CCC(N)(Cc2ccccn2)CC1. The van der Waals surface area contributed by atoms with Gasteiger partial charge in [-0.1, -0.05) is 19.9 Å². The van der Waals surface area contributed by atoms with Crippen LogP contribution >= 0.6 is 0 Å². The smallest absolute Gasteiger partial charge is 0.0421 e. The number of nitrogens with two attached hydrogens (primary N) is 1. The molecule has 0 aromatic carbocycles. The first kappa shape index (κ1) is 11.6. The van der Waals surface area contributed by atoms with Crippen LogP contribution in [0, 0.1) is 5.41 Å². The fraction of sp³-hybridized carbons (Fsp3) is 0.643. The summed E-state index contributed by atoms with van der Waals surface area (Å²) in [6, 6.07) is 6.07. The standard InChI is InChI=1S/C14H22N2/c1-13(2)6-8-14(15,9-7-13)11-12-5-3-4-10-16-12/h3-5,10H,6-9,11,15H2,1-2H3. The molecule has 16 heavy (non-hydrogen) atoms. The van der Waals surface area contributed by atoms with Gasteiger partial charge in [-0.15, -0.1) is 0 Å². The maximum atomic E-state index is 6.47. The Labute approximate surface area is 98.3 Å². The molecular formula is C14H22N2. The van der Waals surface area contributed by atoms with Crippen molar-refractivity contribution in [2.75, 3.05) is 0 Å². The van der Waals surface area contributed by atoms with Crippen LogP contribution < -0.4 is 5.73 Å². The summed E-state index contributed by atoms with van der Waals surface area (Å²) in [7, 11) is 0. The molecule has 0 atom stereocenters. The van der Waals surface area contributed by atoms with E-state index in [4.69, 9.17) is 5.73 Å². The van der Waals surface area contributed by atoms with Gasteiger partial charge in [-0.25, -0.2) is 0 Å². The van der Waals surface area contributed by atoms with Gasteiger partial charge in [-0.2, -0.15) is 0 Å². The Bertz CT molecular complexity index is 333. The topological polar surface area (TPSA) is 38.9 Å². The van der Waals surface area contributed by atoms with Crippen molar-refractivity contribution < 1.29 is 0 Å². The number of nitrogens with zero attached hydrogens (tertiary/aromatic N) is 1. The molecule has 0 spiro atoms. The van der Waals surface area contributed by atoms with Gasteiger partial charge < -0.3 is 5.73 Å². The number of aromatic nitrogens is 1. The molecular weight excluding hydrogens is 196 g/mol. The van der Waals surface area contributed by atoms with Gasteiger partial charge in [-0.3, -0.25) is 4.98 Å². The summed E-state index contributed by atoms with van der Waals surface area (Å²) in [6.07, 6.45) is 7.48. The van der Waals surface area contributed by atoms with Crippen molar-refractivity contribution in [1.29, 1.82) is 0 Å². The van der Waals surface area contributed by atoms with Crippen molar-refractivity contribution in [3.63, 3.8) is 0 Å². The average Bonchev–Trinajstić information content (AvgIpc) is 2.25. The molecule has 1 fully saturated rings. The van der Waals surface area contributed by atoms with Gasteiger partial charge >= 0.3 is 0 Å². The molecule has 1 aliphatic carbocycles. The fourth-order valence-electron chi connectivity index (χ4n) is 2.46. The minimum absolute atomic E-state index is 0.0239. The zero-order valence-electron chi connectivity index (χ0n) is 10.4. The van der Waals surface area contributed by atoms with Crippen molar-refractivity contribution in [2.24, 2.45) is 11.1 Å². The van der Waals surface area contributed by atoms with Crippen LogP contribution in [0.3, 0.4) is 0 Å². The Hall–Kier alpha value is -0.890. The molecule has 1 aromatic heterocycles. The van der Waals surface area contributed by atoms with Gasteiger partial charge in [0.1, 0.15) is 0 Å². The van der Waals surface area contributed by atoms with E-state index in [0.29, 0.717) is 5.41 Å². The molecule has 0 unspecified atom stereocenters. The molecule has 0 aliphatic heterocycles. The summed E-state index contributed by atoms with van der Waals surface area (Å²) in [4.78, 5) is 4.37. The minimum atomic E-state index is -0.0239. The van der Waals surface area contributed by atoms with E-state index in [-0.39, 0.29) is 5.54 Å². The Morgan fingerprint density at radius 3 is 2.44 bits per heavy atom. The number of hydrogen-bond acceptors (Lipinski definition) is 2. The molecule has 0 bridgehead atoms. The van der Waals surface area contributed by atoms with E-state index in [1.54, 1.807) is 0 Å². The highest BCUT2D eigenvalue weighted by Gasteiger charge is 2.35. The Kier molecular flexibility index (Phi) is 3.02. The Morgan fingerprint density at radius 1 is 1.19 bits per heavy atom.